The van der Waals surface area contributed by atoms with Gasteiger partial charge in [0.05, 0.1) is 0 Å². The molecule has 1 aliphatic carbocycles. The Balaban J connectivity index is 1.09. The van der Waals surface area contributed by atoms with E-state index in [-0.39, 0.29) is 5.41 Å². The van der Waals surface area contributed by atoms with E-state index in [4.69, 9.17) is 0 Å². The molecule has 0 fully saturated rings. The van der Waals surface area contributed by atoms with Gasteiger partial charge in [-0.15, -0.1) is 0 Å². The summed E-state index contributed by atoms with van der Waals surface area (Å²) in [6.45, 7) is 4.75. The predicted molar refractivity (Wildman–Crippen MR) is 228 cm³/mol. The summed E-state index contributed by atoms with van der Waals surface area (Å²) in [5.74, 6) is 0. The standard InChI is InChI=1S/C53H36/c1-53(2)48-29-28-39(32-47(48)52-41-14-6-4-12-35(41)27-30-49(52)53)51-44-17-9-7-15-42(44)50(43-16-8-10-18-45(43)51)37-24-19-33(20-25-37)38-26-23-36-22-21-34-11-3-5-13-40(34)46(36)31-38/h3-32H,1-2H3. The summed E-state index contributed by atoms with van der Waals surface area (Å²) in [4.78, 5) is 0. The van der Waals surface area contributed by atoms with E-state index >= 15 is 0 Å². The molecule has 0 aromatic heterocycles. The fourth-order valence-electron chi connectivity index (χ4n) is 9.44. The topological polar surface area (TPSA) is 0 Å². The minimum Gasteiger partial charge on any atom is -0.0616 e. The van der Waals surface area contributed by atoms with Gasteiger partial charge < -0.3 is 0 Å². The molecule has 11 rings (SSSR count). The molecule has 0 saturated carbocycles. The van der Waals surface area contributed by atoms with Gasteiger partial charge in [0.1, 0.15) is 0 Å². The maximum Gasteiger partial charge on any atom is 0.0159 e. The summed E-state index contributed by atoms with van der Waals surface area (Å²) in [5.41, 5.74) is 13.0. The molecule has 53 heavy (non-hydrogen) atoms. The molecule has 0 atom stereocenters. The number of rotatable bonds is 3. The maximum absolute atomic E-state index is 2.48. The Hall–Kier alpha value is -6.50. The van der Waals surface area contributed by atoms with Crippen molar-refractivity contribution in [3.63, 3.8) is 0 Å². The molecule has 0 aliphatic heterocycles. The van der Waals surface area contributed by atoms with Gasteiger partial charge >= 0.3 is 0 Å². The quantitative estimate of drug-likeness (QED) is 0.129. The molecule has 0 saturated heterocycles. The zero-order valence-electron chi connectivity index (χ0n) is 29.8. The lowest BCUT2D eigenvalue weighted by molar-refractivity contribution is 0.661. The largest absolute Gasteiger partial charge is 0.0616 e. The Morgan fingerprint density at radius 1 is 0.283 bits per heavy atom. The van der Waals surface area contributed by atoms with E-state index in [0.29, 0.717) is 0 Å². The van der Waals surface area contributed by atoms with E-state index in [9.17, 15) is 0 Å². The van der Waals surface area contributed by atoms with Crippen LogP contribution in [0.4, 0.5) is 0 Å². The van der Waals surface area contributed by atoms with Crippen molar-refractivity contribution in [3.05, 3.63) is 193 Å². The van der Waals surface area contributed by atoms with E-state index < -0.39 is 0 Å². The highest BCUT2D eigenvalue weighted by Gasteiger charge is 2.36. The van der Waals surface area contributed by atoms with E-state index in [1.807, 2.05) is 0 Å². The number of fused-ring (bicyclic) bond motifs is 10. The molecule has 10 aromatic carbocycles. The normalized spacial score (nSPS) is 13.2. The Morgan fingerprint density at radius 3 is 1.38 bits per heavy atom. The first-order valence-electron chi connectivity index (χ1n) is 18.7. The molecule has 0 N–H and O–H groups in total. The molecule has 0 heterocycles. The summed E-state index contributed by atoms with van der Waals surface area (Å²) in [6, 6.07) is 67.9. The fourth-order valence-corrected chi connectivity index (χ4v) is 9.44. The second-order valence-electron chi connectivity index (χ2n) is 15.2. The molecule has 1 aliphatic rings. The lowest BCUT2D eigenvalue weighted by Crippen LogP contribution is -2.14. The highest BCUT2D eigenvalue weighted by atomic mass is 14.4. The highest BCUT2D eigenvalue weighted by molar-refractivity contribution is 6.22. The summed E-state index contributed by atoms with van der Waals surface area (Å²) in [6.07, 6.45) is 0. The molecule has 0 nitrogen and oxygen atoms in total. The van der Waals surface area contributed by atoms with Gasteiger partial charge in [0, 0.05) is 5.41 Å². The SMILES string of the molecule is CC1(C)c2ccc(-c3c4ccccc4c(-c4ccc(-c5ccc6ccc7ccccc7c6c5)cc4)c4ccccc34)cc2-c2c1ccc1ccccc21. The minimum atomic E-state index is -0.0615. The van der Waals surface area contributed by atoms with Crippen LogP contribution in [0.1, 0.15) is 25.0 Å². The van der Waals surface area contributed by atoms with Crippen molar-refractivity contribution in [1.82, 2.24) is 0 Å². The second kappa shape index (κ2) is 11.2. The molecular formula is C53H36. The van der Waals surface area contributed by atoms with Crippen molar-refractivity contribution in [2.24, 2.45) is 0 Å². The Labute approximate surface area is 309 Å². The fraction of sp³-hybridized carbons (Fsp3) is 0.0566. The van der Waals surface area contributed by atoms with Crippen molar-refractivity contribution in [2.75, 3.05) is 0 Å². The molecular weight excluding hydrogens is 637 g/mol. The van der Waals surface area contributed by atoms with Gasteiger partial charge in [-0.05, 0) is 122 Å². The minimum absolute atomic E-state index is 0.0615. The van der Waals surface area contributed by atoms with E-state index in [0.717, 1.165) is 0 Å². The van der Waals surface area contributed by atoms with Crippen LogP contribution >= 0.6 is 0 Å². The Bertz CT molecular complexity index is 3060. The third kappa shape index (κ3) is 4.42. The lowest BCUT2D eigenvalue weighted by Gasteiger charge is -2.22. The van der Waals surface area contributed by atoms with Crippen molar-refractivity contribution in [1.29, 1.82) is 0 Å². The zero-order chi connectivity index (χ0) is 35.3. The Morgan fingerprint density at radius 2 is 0.717 bits per heavy atom. The van der Waals surface area contributed by atoms with Gasteiger partial charge in [0.25, 0.3) is 0 Å². The lowest BCUT2D eigenvalue weighted by atomic mass is 9.81. The summed E-state index contributed by atoms with van der Waals surface area (Å²) < 4.78 is 0. The van der Waals surface area contributed by atoms with Crippen LogP contribution in [-0.4, -0.2) is 0 Å². The Kier molecular flexibility index (Phi) is 6.40. The van der Waals surface area contributed by atoms with Gasteiger partial charge in [-0.3, -0.25) is 0 Å². The third-order valence-corrected chi connectivity index (χ3v) is 12.0. The molecule has 0 unspecified atom stereocenters. The van der Waals surface area contributed by atoms with Crippen LogP contribution in [-0.2, 0) is 5.41 Å². The van der Waals surface area contributed by atoms with Crippen molar-refractivity contribution in [3.8, 4) is 44.5 Å². The smallest absolute Gasteiger partial charge is 0.0159 e. The first kappa shape index (κ1) is 30.2. The van der Waals surface area contributed by atoms with E-state index in [1.54, 1.807) is 0 Å². The highest BCUT2D eigenvalue weighted by Crippen LogP contribution is 2.53. The maximum atomic E-state index is 2.48. The van der Waals surface area contributed by atoms with Gasteiger partial charge in [-0.2, -0.15) is 0 Å². The van der Waals surface area contributed by atoms with E-state index in [2.05, 4.69) is 196 Å². The molecule has 10 aromatic rings. The summed E-state index contributed by atoms with van der Waals surface area (Å²) in [5, 5.41) is 12.9. The number of hydrogen-bond donors (Lipinski definition) is 0. The predicted octanol–water partition coefficient (Wildman–Crippen LogP) is 14.8. The zero-order valence-corrected chi connectivity index (χ0v) is 29.8. The van der Waals surface area contributed by atoms with Gasteiger partial charge in [0.2, 0.25) is 0 Å². The first-order valence-corrected chi connectivity index (χ1v) is 18.7. The van der Waals surface area contributed by atoms with Crippen LogP contribution in [0.5, 0.6) is 0 Å². The molecule has 0 heteroatoms. The number of hydrogen-bond acceptors (Lipinski definition) is 0. The van der Waals surface area contributed by atoms with Crippen LogP contribution in [0, 0.1) is 0 Å². The first-order chi connectivity index (χ1) is 26.0. The summed E-state index contributed by atoms with van der Waals surface area (Å²) in [7, 11) is 0. The van der Waals surface area contributed by atoms with Gasteiger partial charge in [-0.25, -0.2) is 0 Å². The number of benzene rings is 10. The van der Waals surface area contributed by atoms with Crippen molar-refractivity contribution >= 4 is 53.9 Å². The van der Waals surface area contributed by atoms with Crippen molar-refractivity contribution in [2.45, 2.75) is 19.3 Å². The van der Waals surface area contributed by atoms with Crippen LogP contribution in [0.2, 0.25) is 0 Å². The molecule has 0 spiro atoms. The van der Waals surface area contributed by atoms with Gasteiger partial charge in [-0.1, -0.05) is 184 Å². The van der Waals surface area contributed by atoms with Gasteiger partial charge in [0.15, 0.2) is 0 Å². The molecule has 248 valence electrons. The monoisotopic (exact) mass is 672 g/mol. The molecule has 0 bridgehead atoms. The van der Waals surface area contributed by atoms with Crippen LogP contribution in [0.15, 0.2) is 182 Å². The summed E-state index contributed by atoms with van der Waals surface area (Å²) >= 11 is 0. The van der Waals surface area contributed by atoms with Crippen LogP contribution in [0.3, 0.4) is 0 Å². The molecule has 0 radical (unpaired) electrons. The van der Waals surface area contributed by atoms with E-state index in [1.165, 1.54) is 109 Å². The van der Waals surface area contributed by atoms with Crippen molar-refractivity contribution < 1.29 is 0 Å². The van der Waals surface area contributed by atoms with Crippen LogP contribution in [0.25, 0.3) is 98.4 Å². The molecule has 0 amide bonds. The average molecular weight is 673 g/mol. The van der Waals surface area contributed by atoms with Crippen LogP contribution < -0.4 is 0 Å². The second-order valence-corrected chi connectivity index (χ2v) is 15.2. The average Bonchev–Trinajstić information content (AvgIpc) is 3.45. The third-order valence-electron chi connectivity index (χ3n) is 12.0.